The highest BCUT2D eigenvalue weighted by atomic mass is 16.5. The average Bonchev–Trinajstić information content (AvgIpc) is 1.87. The Kier molecular flexibility index (Phi) is 4.45. The van der Waals surface area contributed by atoms with E-state index in [2.05, 4.69) is 0 Å². The molecule has 1 atom stereocenters. The number of hydrogen-bond donors (Lipinski definition) is 2. The maximum atomic E-state index is 10.7. The van der Waals surface area contributed by atoms with Gasteiger partial charge in [-0.1, -0.05) is 0 Å². The first-order valence-electron chi connectivity index (χ1n) is 3.45. The first-order valence-corrected chi connectivity index (χ1v) is 3.45. The van der Waals surface area contributed by atoms with Gasteiger partial charge in [-0.05, 0) is 13.8 Å². The zero-order valence-electron chi connectivity index (χ0n) is 6.76. The number of ether oxygens (including phenoxy) is 1. The molecule has 0 saturated carbocycles. The number of esters is 1. The lowest BCUT2D eigenvalue weighted by Crippen LogP contribution is -2.20. The monoisotopic (exact) mass is 159 g/mol. The van der Waals surface area contributed by atoms with Crippen LogP contribution in [0.5, 0.6) is 0 Å². The van der Waals surface area contributed by atoms with Crippen LogP contribution >= 0.6 is 0 Å². The maximum absolute atomic E-state index is 10.7. The summed E-state index contributed by atoms with van der Waals surface area (Å²) in [4.78, 5) is 10.7. The van der Waals surface area contributed by atoms with E-state index in [1.165, 1.54) is 6.92 Å². The van der Waals surface area contributed by atoms with E-state index in [0.717, 1.165) is 0 Å². The van der Waals surface area contributed by atoms with Crippen molar-refractivity contribution < 1.29 is 14.6 Å². The van der Waals surface area contributed by atoms with E-state index in [0.29, 0.717) is 6.42 Å². The molecule has 0 unspecified atom stereocenters. The normalized spacial score (nSPS) is 12.3. The fourth-order valence-electron chi connectivity index (χ4n) is 0.512. The molecule has 0 heterocycles. The molecule has 0 fully saturated rings. The van der Waals surface area contributed by atoms with Gasteiger partial charge in [-0.15, -0.1) is 0 Å². The topological polar surface area (TPSA) is 70.4 Å². The predicted octanol–water partition coefficient (Wildman–Crippen LogP) is 0.340. The lowest BCUT2D eigenvalue weighted by Gasteiger charge is -2.10. The number of hydrogen-bond acceptors (Lipinski definition) is 4. The van der Waals surface area contributed by atoms with Gasteiger partial charge in [0.25, 0.3) is 0 Å². The Morgan fingerprint density at radius 3 is 2.64 bits per heavy atom. The number of carbonyl (C=O) groups is 1. The van der Waals surface area contributed by atoms with Crippen molar-refractivity contribution in [3.8, 4) is 0 Å². The smallest absolute Gasteiger partial charge is 0.351 e. The number of aliphatic hydroxyl groups excluding tert-OH is 1. The lowest BCUT2D eigenvalue weighted by atomic mass is 10.3. The minimum absolute atomic E-state index is 0.00844. The van der Waals surface area contributed by atoms with Crippen LogP contribution in [0.25, 0.3) is 0 Å². The second-order valence-corrected chi connectivity index (χ2v) is 2.35. The molecule has 0 aromatic rings. The Bertz CT molecular complexity index is 156. The number of nitrogens with one attached hydrogen (secondary N) is 1. The molecule has 0 amide bonds. The highest BCUT2D eigenvalue weighted by Crippen LogP contribution is 1.96. The summed E-state index contributed by atoms with van der Waals surface area (Å²) in [6.45, 7) is 3.04. The van der Waals surface area contributed by atoms with Gasteiger partial charge in [0.05, 0.1) is 0 Å². The zero-order valence-corrected chi connectivity index (χ0v) is 6.76. The van der Waals surface area contributed by atoms with Crippen LogP contribution in [0.2, 0.25) is 0 Å². The molecule has 0 aliphatic rings. The largest absolute Gasteiger partial charge is 0.458 e. The Morgan fingerprint density at radius 1 is 1.73 bits per heavy atom. The van der Waals surface area contributed by atoms with Gasteiger partial charge in [-0.2, -0.15) is 0 Å². The molecule has 4 heteroatoms. The van der Waals surface area contributed by atoms with Gasteiger partial charge in [0, 0.05) is 13.0 Å². The van der Waals surface area contributed by atoms with Crippen LogP contribution in [0.3, 0.4) is 0 Å². The third-order valence-electron chi connectivity index (χ3n) is 1.15. The van der Waals surface area contributed by atoms with Gasteiger partial charge >= 0.3 is 5.97 Å². The van der Waals surface area contributed by atoms with Crippen LogP contribution < -0.4 is 0 Å². The van der Waals surface area contributed by atoms with Crippen molar-refractivity contribution >= 4 is 11.7 Å². The zero-order chi connectivity index (χ0) is 8.85. The van der Waals surface area contributed by atoms with Crippen LogP contribution in [0.4, 0.5) is 0 Å². The van der Waals surface area contributed by atoms with Crippen molar-refractivity contribution in [2.45, 2.75) is 26.4 Å². The second-order valence-electron chi connectivity index (χ2n) is 2.35. The third kappa shape index (κ3) is 4.50. The molecule has 0 aliphatic heterocycles. The third-order valence-corrected chi connectivity index (χ3v) is 1.15. The summed E-state index contributed by atoms with van der Waals surface area (Å²) < 4.78 is 4.73. The van der Waals surface area contributed by atoms with Crippen LogP contribution in [0.1, 0.15) is 20.3 Å². The summed E-state index contributed by atoms with van der Waals surface area (Å²) in [5.74, 6) is -0.619. The maximum Gasteiger partial charge on any atom is 0.351 e. The molecule has 11 heavy (non-hydrogen) atoms. The Labute approximate surface area is 65.7 Å². The SMILES string of the molecule is CC(=N)C(=O)O[C@H](C)CCO. The van der Waals surface area contributed by atoms with Gasteiger partial charge in [0.15, 0.2) is 0 Å². The van der Waals surface area contributed by atoms with Gasteiger partial charge in [-0.3, -0.25) is 5.41 Å². The van der Waals surface area contributed by atoms with Crippen LogP contribution in [-0.4, -0.2) is 29.5 Å². The van der Waals surface area contributed by atoms with E-state index in [1.807, 2.05) is 0 Å². The summed E-state index contributed by atoms with van der Waals surface area (Å²) in [7, 11) is 0. The fourth-order valence-corrected chi connectivity index (χ4v) is 0.512. The molecular formula is C7H13NO3. The van der Waals surface area contributed by atoms with Crippen LogP contribution in [0, 0.1) is 5.41 Å². The molecule has 0 rings (SSSR count). The van der Waals surface area contributed by atoms with E-state index >= 15 is 0 Å². The lowest BCUT2D eigenvalue weighted by molar-refractivity contribution is -0.140. The van der Waals surface area contributed by atoms with Crippen LogP contribution in [0.15, 0.2) is 0 Å². The molecule has 2 N–H and O–H groups in total. The molecule has 4 nitrogen and oxygen atoms in total. The molecular weight excluding hydrogens is 146 g/mol. The average molecular weight is 159 g/mol. The Hall–Kier alpha value is -0.900. The molecule has 64 valence electrons. The number of carbonyl (C=O) groups excluding carboxylic acids is 1. The standard InChI is InChI=1S/C7H13NO3/c1-5(3-4-9)11-7(10)6(2)8/h5,8-9H,3-4H2,1-2H3/t5-/m1/s1. The first-order chi connectivity index (χ1) is 5.07. The summed E-state index contributed by atoms with van der Waals surface area (Å²) in [6, 6.07) is 0. The van der Waals surface area contributed by atoms with Crippen molar-refractivity contribution in [2.75, 3.05) is 6.61 Å². The van der Waals surface area contributed by atoms with Crippen molar-refractivity contribution in [2.24, 2.45) is 0 Å². The summed E-state index contributed by atoms with van der Waals surface area (Å²) in [5.41, 5.74) is -0.116. The summed E-state index contributed by atoms with van der Waals surface area (Å²) in [6.07, 6.45) is 0.103. The Balaban J connectivity index is 3.66. The van der Waals surface area contributed by atoms with E-state index in [9.17, 15) is 4.79 Å². The van der Waals surface area contributed by atoms with Gasteiger partial charge in [0.2, 0.25) is 0 Å². The van der Waals surface area contributed by atoms with Gasteiger partial charge in [-0.25, -0.2) is 4.79 Å². The number of rotatable bonds is 4. The highest BCUT2D eigenvalue weighted by molar-refractivity contribution is 6.34. The molecule has 0 bridgehead atoms. The van der Waals surface area contributed by atoms with Gasteiger partial charge in [0.1, 0.15) is 11.8 Å². The fraction of sp³-hybridized carbons (Fsp3) is 0.714. The molecule has 0 spiro atoms. The van der Waals surface area contributed by atoms with E-state index < -0.39 is 5.97 Å². The van der Waals surface area contributed by atoms with E-state index in [1.54, 1.807) is 6.92 Å². The summed E-state index contributed by atoms with van der Waals surface area (Å²) >= 11 is 0. The summed E-state index contributed by atoms with van der Waals surface area (Å²) in [5, 5.41) is 15.3. The first kappa shape index (κ1) is 10.1. The van der Waals surface area contributed by atoms with E-state index in [4.69, 9.17) is 15.3 Å². The van der Waals surface area contributed by atoms with Crippen molar-refractivity contribution in [1.29, 1.82) is 5.41 Å². The van der Waals surface area contributed by atoms with Gasteiger partial charge < -0.3 is 9.84 Å². The van der Waals surface area contributed by atoms with Crippen molar-refractivity contribution in [3.05, 3.63) is 0 Å². The highest BCUT2D eigenvalue weighted by Gasteiger charge is 2.09. The van der Waals surface area contributed by atoms with Crippen molar-refractivity contribution in [3.63, 3.8) is 0 Å². The second kappa shape index (κ2) is 4.85. The molecule has 0 aliphatic carbocycles. The minimum Gasteiger partial charge on any atom is -0.458 e. The predicted molar refractivity (Wildman–Crippen MR) is 40.7 cm³/mol. The number of aliphatic hydroxyl groups is 1. The molecule has 0 radical (unpaired) electrons. The van der Waals surface area contributed by atoms with Crippen molar-refractivity contribution in [1.82, 2.24) is 0 Å². The van der Waals surface area contributed by atoms with Crippen LogP contribution in [-0.2, 0) is 9.53 Å². The molecule has 0 saturated heterocycles. The quantitative estimate of drug-likeness (QED) is 0.459. The molecule has 0 aromatic heterocycles. The van der Waals surface area contributed by atoms with E-state index in [-0.39, 0.29) is 18.4 Å². The Morgan fingerprint density at radius 2 is 2.27 bits per heavy atom. The molecule has 0 aromatic carbocycles. The minimum atomic E-state index is -0.619.